The van der Waals surface area contributed by atoms with E-state index in [1.165, 1.54) is 36.0 Å². The quantitative estimate of drug-likeness (QED) is 0.585. The minimum Gasteiger partial charge on any atom is -0.598 e. The van der Waals surface area contributed by atoms with Gasteiger partial charge in [-0.25, -0.2) is 0 Å². The Kier molecular flexibility index (Phi) is 7.71. The fraction of sp³-hybridized carbons (Fsp3) is 0.692. The molecule has 1 aromatic rings. The molecule has 4 rings (SSSR count). The van der Waals surface area contributed by atoms with Crippen molar-refractivity contribution in [2.24, 2.45) is 16.8 Å². The second kappa shape index (κ2) is 10.4. The minimum absolute atomic E-state index is 0.0661. The molecule has 3 aliphatic rings. The molecule has 2 aliphatic heterocycles. The molecule has 1 saturated heterocycles. The number of amides is 1. The van der Waals surface area contributed by atoms with E-state index in [0.717, 1.165) is 36.7 Å². The van der Waals surface area contributed by atoms with Gasteiger partial charge in [-0.3, -0.25) is 9.79 Å². The Morgan fingerprint density at radius 3 is 2.39 bits per heavy atom. The molecule has 2 heterocycles. The van der Waals surface area contributed by atoms with E-state index in [0.29, 0.717) is 37.6 Å². The van der Waals surface area contributed by atoms with Crippen LogP contribution in [-0.4, -0.2) is 52.0 Å². The molecule has 182 valence electrons. The first-order valence-electron chi connectivity index (χ1n) is 12.7. The van der Waals surface area contributed by atoms with Gasteiger partial charge in [-0.05, 0) is 87.1 Å². The molecule has 1 aromatic carbocycles. The second-order valence-electron chi connectivity index (χ2n) is 10.2. The largest absolute Gasteiger partial charge is 0.598 e. The lowest BCUT2D eigenvalue weighted by molar-refractivity contribution is -0.124. The summed E-state index contributed by atoms with van der Waals surface area (Å²) in [6.45, 7) is 7.85. The predicted octanol–water partition coefficient (Wildman–Crippen LogP) is 4.13. The third-order valence-corrected chi connectivity index (χ3v) is 9.65. The molecule has 0 bridgehead atoms. The maximum Gasteiger partial charge on any atom is 0.253 e. The highest BCUT2D eigenvalue weighted by atomic mass is 32.2. The first-order valence-corrected chi connectivity index (χ1v) is 13.9. The Balaban J connectivity index is 1.32. The SMILES string of the molecule is CCC1CCC(C2=NC3(CCN([S+]([O-])CCc4c(C)cc(NC)cc4C)CC3)C(=O)N2)CC1. The summed E-state index contributed by atoms with van der Waals surface area (Å²) in [6.07, 6.45) is 8.14. The average Bonchev–Trinajstić information content (AvgIpc) is 3.14. The van der Waals surface area contributed by atoms with Crippen molar-refractivity contribution in [2.75, 3.05) is 31.2 Å². The van der Waals surface area contributed by atoms with Crippen LogP contribution in [0.5, 0.6) is 0 Å². The van der Waals surface area contributed by atoms with Crippen molar-refractivity contribution in [3.63, 3.8) is 0 Å². The summed E-state index contributed by atoms with van der Waals surface area (Å²) in [5.41, 5.74) is 4.26. The van der Waals surface area contributed by atoms with Gasteiger partial charge in [-0.15, -0.1) is 4.31 Å². The smallest absolute Gasteiger partial charge is 0.253 e. The summed E-state index contributed by atoms with van der Waals surface area (Å²) in [6, 6.07) is 4.30. The first kappa shape index (κ1) is 24.6. The maximum absolute atomic E-state index is 13.1. The third kappa shape index (κ3) is 5.25. The van der Waals surface area contributed by atoms with Gasteiger partial charge < -0.3 is 15.2 Å². The number of aliphatic imine (C=N–C) groups is 1. The number of amidine groups is 1. The van der Waals surface area contributed by atoms with Gasteiger partial charge in [-0.2, -0.15) is 0 Å². The number of piperidine rings is 1. The Hall–Kier alpha value is -1.57. The van der Waals surface area contributed by atoms with E-state index in [1.54, 1.807) is 0 Å². The third-order valence-electron chi connectivity index (χ3n) is 8.16. The highest BCUT2D eigenvalue weighted by molar-refractivity contribution is 7.89. The number of anilines is 1. The van der Waals surface area contributed by atoms with Crippen molar-refractivity contribution in [1.29, 1.82) is 0 Å². The molecule has 1 atom stereocenters. The number of carbonyl (C=O) groups is 1. The summed E-state index contributed by atoms with van der Waals surface area (Å²) < 4.78 is 15.1. The van der Waals surface area contributed by atoms with Gasteiger partial charge in [0.15, 0.2) is 0 Å². The van der Waals surface area contributed by atoms with Crippen LogP contribution in [0.1, 0.15) is 68.6 Å². The van der Waals surface area contributed by atoms with Crippen LogP contribution in [0.15, 0.2) is 17.1 Å². The standard InChI is InChI=1S/C26H40N4O2S/c1-5-20-6-8-21(9-7-20)24-28-25(31)26(29-24)11-13-30(14-12-26)33(32)15-10-23-18(2)16-22(27-4)17-19(23)3/h16-17,20-21,27H,5-15H2,1-4H3,(H,28,29,31). The molecule has 0 radical (unpaired) electrons. The summed E-state index contributed by atoms with van der Waals surface area (Å²) in [5, 5.41) is 6.34. The Morgan fingerprint density at radius 2 is 1.82 bits per heavy atom. The number of hydrogen-bond donors (Lipinski definition) is 2. The van der Waals surface area contributed by atoms with Crippen molar-refractivity contribution >= 4 is 28.8 Å². The van der Waals surface area contributed by atoms with E-state index in [4.69, 9.17) is 4.99 Å². The normalized spacial score (nSPS) is 26.2. The lowest BCUT2D eigenvalue weighted by Crippen LogP contribution is -2.51. The highest BCUT2D eigenvalue weighted by Gasteiger charge is 2.48. The van der Waals surface area contributed by atoms with Gasteiger partial charge >= 0.3 is 0 Å². The van der Waals surface area contributed by atoms with Crippen LogP contribution < -0.4 is 10.6 Å². The van der Waals surface area contributed by atoms with Crippen molar-refractivity contribution in [3.8, 4) is 0 Å². The zero-order valence-corrected chi connectivity index (χ0v) is 21.5. The number of nitrogens with zero attached hydrogens (tertiary/aromatic N) is 2. The Morgan fingerprint density at radius 1 is 1.18 bits per heavy atom. The highest BCUT2D eigenvalue weighted by Crippen LogP contribution is 2.36. The second-order valence-corrected chi connectivity index (χ2v) is 11.7. The summed E-state index contributed by atoms with van der Waals surface area (Å²) in [7, 11) is 1.93. The predicted molar refractivity (Wildman–Crippen MR) is 137 cm³/mol. The monoisotopic (exact) mass is 472 g/mol. The first-order chi connectivity index (χ1) is 15.8. The average molecular weight is 473 g/mol. The molecule has 33 heavy (non-hydrogen) atoms. The zero-order chi connectivity index (χ0) is 23.6. The van der Waals surface area contributed by atoms with Crippen molar-refractivity contribution in [3.05, 3.63) is 28.8 Å². The van der Waals surface area contributed by atoms with E-state index < -0.39 is 16.9 Å². The molecule has 1 unspecified atom stereocenters. The number of nitrogens with one attached hydrogen (secondary N) is 2. The molecule has 1 saturated carbocycles. The maximum atomic E-state index is 13.1. The van der Waals surface area contributed by atoms with E-state index in [9.17, 15) is 9.35 Å². The lowest BCUT2D eigenvalue weighted by atomic mass is 9.80. The van der Waals surface area contributed by atoms with Gasteiger partial charge in [0.1, 0.15) is 17.1 Å². The van der Waals surface area contributed by atoms with Gasteiger partial charge in [0.2, 0.25) is 0 Å². The molecule has 2 fully saturated rings. The van der Waals surface area contributed by atoms with E-state index in [-0.39, 0.29) is 5.91 Å². The molecule has 0 aromatic heterocycles. The van der Waals surface area contributed by atoms with Crippen LogP contribution >= 0.6 is 0 Å². The number of hydrogen-bond acceptors (Lipinski definition) is 5. The van der Waals surface area contributed by atoms with Gasteiger partial charge in [0.25, 0.3) is 5.91 Å². The lowest BCUT2D eigenvalue weighted by Gasteiger charge is -2.35. The minimum atomic E-state index is -1.04. The molecule has 1 spiro atoms. The molecular weight excluding hydrogens is 432 g/mol. The van der Waals surface area contributed by atoms with Crippen molar-refractivity contribution in [1.82, 2.24) is 9.62 Å². The van der Waals surface area contributed by atoms with Crippen LogP contribution in [0.2, 0.25) is 0 Å². The van der Waals surface area contributed by atoms with Crippen LogP contribution in [0.3, 0.4) is 0 Å². The number of benzene rings is 1. The fourth-order valence-corrected chi connectivity index (χ4v) is 7.06. The molecule has 6 nitrogen and oxygen atoms in total. The van der Waals surface area contributed by atoms with Crippen LogP contribution in [-0.2, 0) is 22.6 Å². The van der Waals surface area contributed by atoms with Gasteiger partial charge in [0, 0.05) is 49.5 Å². The number of carbonyl (C=O) groups excluding carboxylic acids is 1. The Bertz CT molecular complexity index is 863. The van der Waals surface area contributed by atoms with Crippen molar-refractivity contribution < 1.29 is 9.35 Å². The number of rotatable bonds is 7. The summed E-state index contributed by atoms with van der Waals surface area (Å²) in [4.78, 5) is 17.9. The van der Waals surface area contributed by atoms with Gasteiger partial charge in [-0.1, -0.05) is 13.3 Å². The fourth-order valence-electron chi connectivity index (χ4n) is 5.83. The zero-order valence-electron chi connectivity index (χ0n) is 20.7. The number of aryl methyl sites for hydroxylation is 2. The summed E-state index contributed by atoms with van der Waals surface area (Å²) >= 11 is -1.04. The van der Waals surface area contributed by atoms with E-state index >= 15 is 0 Å². The molecular formula is C26H40N4O2S. The molecule has 1 amide bonds. The van der Waals surface area contributed by atoms with E-state index in [1.807, 2.05) is 11.4 Å². The Labute approximate surface area is 202 Å². The molecule has 2 N–H and O–H groups in total. The van der Waals surface area contributed by atoms with Crippen LogP contribution in [0.4, 0.5) is 5.69 Å². The topological polar surface area (TPSA) is 79.8 Å². The van der Waals surface area contributed by atoms with Crippen LogP contribution in [0.25, 0.3) is 0 Å². The van der Waals surface area contributed by atoms with Crippen molar-refractivity contribution in [2.45, 2.75) is 77.7 Å². The van der Waals surface area contributed by atoms with Crippen LogP contribution in [0, 0.1) is 25.7 Å². The molecule has 1 aliphatic carbocycles. The molecule has 7 heteroatoms. The summed E-state index contributed by atoms with van der Waals surface area (Å²) in [5.74, 6) is 2.86. The van der Waals surface area contributed by atoms with Gasteiger partial charge in [0.05, 0.1) is 0 Å². The van der Waals surface area contributed by atoms with E-state index in [2.05, 4.69) is 43.5 Å².